The molecule has 7 heteroatoms. The molecule has 0 aromatic carbocycles. The zero-order valence-electron chi connectivity index (χ0n) is 8.30. The van der Waals surface area contributed by atoms with Gasteiger partial charge in [-0.1, -0.05) is 0 Å². The first-order valence-corrected chi connectivity index (χ1v) is 4.96. The number of aromatic nitrogens is 2. The van der Waals surface area contributed by atoms with Crippen LogP contribution in [0, 0.1) is 5.82 Å². The molecule has 16 heavy (non-hydrogen) atoms. The van der Waals surface area contributed by atoms with E-state index in [1.54, 1.807) is 0 Å². The standard InChI is InChI=1S/C9H10FN3O3/c10-4-2-13(9(14)12-8(4)11)7-1-5-6(16-7)3-15-5/h2,5-7H,1,3H2,(H2,11,12,14)/t5-,6+,7+/m0/s1. The summed E-state index contributed by atoms with van der Waals surface area (Å²) < 4.78 is 25.0. The van der Waals surface area contributed by atoms with Gasteiger partial charge in [0.1, 0.15) is 12.3 Å². The Balaban J connectivity index is 1.94. The van der Waals surface area contributed by atoms with Crippen LogP contribution in [0.15, 0.2) is 11.0 Å². The van der Waals surface area contributed by atoms with E-state index in [2.05, 4.69) is 4.98 Å². The van der Waals surface area contributed by atoms with E-state index in [0.717, 1.165) is 10.8 Å². The molecule has 1 aromatic heterocycles. The largest absolute Gasteiger partial charge is 0.381 e. The van der Waals surface area contributed by atoms with Crippen LogP contribution in [0.1, 0.15) is 12.6 Å². The number of rotatable bonds is 1. The third kappa shape index (κ3) is 1.32. The average Bonchev–Trinajstić information content (AvgIpc) is 2.49. The maximum Gasteiger partial charge on any atom is 0.351 e. The van der Waals surface area contributed by atoms with Gasteiger partial charge in [0.2, 0.25) is 0 Å². The summed E-state index contributed by atoms with van der Waals surface area (Å²) in [6, 6.07) is 0. The van der Waals surface area contributed by atoms with Crippen molar-refractivity contribution in [3.63, 3.8) is 0 Å². The van der Waals surface area contributed by atoms with Crippen LogP contribution in [0.2, 0.25) is 0 Å². The monoisotopic (exact) mass is 227 g/mol. The molecule has 1 aromatic rings. The Morgan fingerprint density at radius 1 is 1.56 bits per heavy atom. The lowest BCUT2D eigenvalue weighted by atomic mass is 10.1. The summed E-state index contributed by atoms with van der Waals surface area (Å²) in [5.41, 5.74) is 4.58. The van der Waals surface area contributed by atoms with Crippen molar-refractivity contribution >= 4 is 5.82 Å². The molecule has 3 atom stereocenters. The molecule has 86 valence electrons. The number of fused-ring (bicyclic) bond motifs is 1. The average molecular weight is 227 g/mol. The van der Waals surface area contributed by atoms with Gasteiger partial charge in [-0.05, 0) is 0 Å². The Bertz CT molecular complexity index is 477. The minimum Gasteiger partial charge on any atom is -0.381 e. The Labute approximate surface area is 89.8 Å². The summed E-state index contributed by atoms with van der Waals surface area (Å²) in [5.74, 6) is -1.11. The molecular weight excluding hydrogens is 217 g/mol. The fourth-order valence-electron chi connectivity index (χ4n) is 1.96. The fourth-order valence-corrected chi connectivity index (χ4v) is 1.96. The number of anilines is 1. The molecule has 0 unspecified atom stereocenters. The van der Waals surface area contributed by atoms with E-state index in [9.17, 15) is 9.18 Å². The van der Waals surface area contributed by atoms with Gasteiger partial charge in [0.05, 0.1) is 18.9 Å². The quantitative estimate of drug-likeness (QED) is 0.709. The normalized spacial score (nSPS) is 32.2. The third-order valence-electron chi connectivity index (χ3n) is 2.90. The Morgan fingerprint density at radius 2 is 2.38 bits per heavy atom. The number of hydrogen-bond donors (Lipinski definition) is 1. The zero-order chi connectivity index (χ0) is 11.3. The molecule has 0 spiro atoms. The Morgan fingerprint density at radius 3 is 2.94 bits per heavy atom. The van der Waals surface area contributed by atoms with Gasteiger partial charge in [-0.2, -0.15) is 4.98 Å². The molecular formula is C9H10FN3O3. The van der Waals surface area contributed by atoms with Crippen LogP contribution in [0.4, 0.5) is 10.2 Å². The third-order valence-corrected chi connectivity index (χ3v) is 2.90. The van der Waals surface area contributed by atoms with Crippen molar-refractivity contribution in [2.24, 2.45) is 0 Å². The summed E-state index contributed by atoms with van der Waals surface area (Å²) in [4.78, 5) is 14.9. The van der Waals surface area contributed by atoms with E-state index in [0.29, 0.717) is 13.0 Å². The summed E-state index contributed by atoms with van der Waals surface area (Å²) in [7, 11) is 0. The molecule has 0 amide bonds. The van der Waals surface area contributed by atoms with E-state index < -0.39 is 23.6 Å². The van der Waals surface area contributed by atoms with Gasteiger partial charge in [0.25, 0.3) is 0 Å². The van der Waals surface area contributed by atoms with Crippen LogP contribution in [-0.4, -0.2) is 28.4 Å². The van der Waals surface area contributed by atoms with Crippen molar-refractivity contribution in [1.29, 1.82) is 0 Å². The van der Waals surface area contributed by atoms with Crippen molar-refractivity contribution in [2.45, 2.75) is 24.9 Å². The number of nitrogen functional groups attached to an aromatic ring is 1. The van der Waals surface area contributed by atoms with Gasteiger partial charge < -0.3 is 15.2 Å². The molecule has 2 aliphatic rings. The molecule has 2 aliphatic heterocycles. The second kappa shape index (κ2) is 3.26. The van der Waals surface area contributed by atoms with Crippen LogP contribution >= 0.6 is 0 Å². The predicted octanol–water partition coefficient (Wildman–Crippen LogP) is -0.349. The molecule has 2 N–H and O–H groups in total. The van der Waals surface area contributed by atoms with E-state index >= 15 is 0 Å². The molecule has 0 radical (unpaired) electrons. The lowest BCUT2D eigenvalue weighted by Gasteiger charge is -2.28. The van der Waals surface area contributed by atoms with Gasteiger partial charge in [-0.25, -0.2) is 9.18 Å². The van der Waals surface area contributed by atoms with E-state index in [1.165, 1.54) is 0 Å². The Kier molecular flexibility index (Phi) is 1.98. The van der Waals surface area contributed by atoms with Gasteiger partial charge in [-0.3, -0.25) is 4.57 Å². The topological polar surface area (TPSA) is 79.4 Å². The predicted molar refractivity (Wildman–Crippen MR) is 51.1 cm³/mol. The summed E-state index contributed by atoms with van der Waals surface area (Å²) in [6.45, 7) is 0.529. The number of ether oxygens (including phenoxy) is 2. The first-order valence-electron chi connectivity index (χ1n) is 4.96. The molecule has 3 rings (SSSR count). The first-order chi connectivity index (χ1) is 7.65. The highest BCUT2D eigenvalue weighted by atomic mass is 19.1. The van der Waals surface area contributed by atoms with E-state index in [-0.39, 0.29) is 12.2 Å². The van der Waals surface area contributed by atoms with Crippen LogP contribution in [0.3, 0.4) is 0 Å². The smallest absolute Gasteiger partial charge is 0.351 e. The van der Waals surface area contributed by atoms with E-state index in [1.807, 2.05) is 0 Å². The second-order valence-corrected chi connectivity index (χ2v) is 3.90. The van der Waals surface area contributed by atoms with Crippen LogP contribution in [0.5, 0.6) is 0 Å². The highest BCUT2D eigenvalue weighted by Gasteiger charge is 2.44. The molecule has 3 heterocycles. The van der Waals surface area contributed by atoms with Gasteiger partial charge in [-0.15, -0.1) is 0 Å². The zero-order valence-corrected chi connectivity index (χ0v) is 8.30. The lowest BCUT2D eigenvalue weighted by Crippen LogP contribution is -2.40. The molecule has 2 fully saturated rings. The van der Waals surface area contributed by atoms with Crippen molar-refractivity contribution < 1.29 is 13.9 Å². The molecule has 0 bridgehead atoms. The fraction of sp³-hybridized carbons (Fsp3) is 0.556. The highest BCUT2D eigenvalue weighted by molar-refractivity contribution is 5.26. The summed E-state index contributed by atoms with van der Waals surface area (Å²) in [5, 5.41) is 0. The first kappa shape index (κ1) is 9.73. The maximum atomic E-state index is 13.2. The van der Waals surface area contributed by atoms with Crippen LogP contribution in [0.25, 0.3) is 0 Å². The van der Waals surface area contributed by atoms with Crippen LogP contribution < -0.4 is 11.4 Å². The maximum absolute atomic E-state index is 13.2. The second-order valence-electron chi connectivity index (χ2n) is 3.90. The molecule has 2 saturated heterocycles. The lowest BCUT2D eigenvalue weighted by molar-refractivity contribution is -0.149. The number of nitrogens with zero attached hydrogens (tertiary/aromatic N) is 2. The van der Waals surface area contributed by atoms with Crippen molar-refractivity contribution in [2.75, 3.05) is 12.3 Å². The van der Waals surface area contributed by atoms with E-state index in [4.69, 9.17) is 15.2 Å². The molecule has 0 saturated carbocycles. The van der Waals surface area contributed by atoms with Crippen LogP contribution in [-0.2, 0) is 9.47 Å². The molecule has 6 nitrogen and oxygen atoms in total. The van der Waals surface area contributed by atoms with Gasteiger partial charge in [0.15, 0.2) is 11.6 Å². The van der Waals surface area contributed by atoms with Crippen molar-refractivity contribution in [1.82, 2.24) is 9.55 Å². The highest BCUT2D eigenvalue weighted by Crippen LogP contribution is 2.35. The molecule has 0 aliphatic carbocycles. The number of halogens is 1. The minimum absolute atomic E-state index is 0.0116. The van der Waals surface area contributed by atoms with Gasteiger partial charge >= 0.3 is 5.69 Å². The number of hydrogen-bond acceptors (Lipinski definition) is 5. The van der Waals surface area contributed by atoms with Crippen molar-refractivity contribution in [3.05, 3.63) is 22.5 Å². The number of nitrogens with two attached hydrogens (primary N) is 1. The summed E-state index contributed by atoms with van der Waals surface area (Å²) in [6.07, 6.45) is 1.08. The van der Waals surface area contributed by atoms with Crippen molar-refractivity contribution in [3.8, 4) is 0 Å². The summed E-state index contributed by atoms with van der Waals surface area (Å²) >= 11 is 0. The minimum atomic E-state index is -0.719. The van der Waals surface area contributed by atoms with Gasteiger partial charge in [0, 0.05) is 6.42 Å². The Hall–Kier alpha value is -1.47. The SMILES string of the molecule is Nc1nc(=O)n([C@H]2C[C@@H]3OC[C@H]3O2)cc1F.